The van der Waals surface area contributed by atoms with E-state index in [0.29, 0.717) is 26.2 Å². The van der Waals surface area contributed by atoms with Crippen molar-refractivity contribution in [1.82, 2.24) is 25.0 Å². The van der Waals surface area contributed by atoms with E-state index >= 15 is 0 Å². The monoisotopic (exact) mass is 335 g/mol. The zero-order valence-corrected chi connectivity index (χ0v) is 14.4. The summed E-state index contributed by atoms with van der Waals surface area (Å²) in [5.41, 5.74) is 0.459. The van der Waals surface area contributed by atoms with E-state index in [-0.39, 0.29) is 6.03 Å². The lowest BCUT2D eigenvalue weighted by molar-refractivity contribution is -0.0907. The van der Waals surface area contributed by atoms with Crippen LogP contribution in [-0.2, 0) is 23.9 Å². The number of carbonyl (C=O) groups is 1. The van der Waals surface area contributed by atoms with Crippen molar-refractivity contribution in [2.45, 2.75) is 26.0 Å². The maximum Gasteiger partial charge on any atom is 0.317 e. The van der Waals surface area contributed by atoms with Gasteiger partial charge in [-0.1, -0.05) is 0 Å². The molecule has 0 spiro atoms. The highest BCUT2D eigenvalue weighted by molar-refractivity contribution is 7.11. The molecule has 0 unspecified atom stereocenters. The minimum atomic E-state index is -0.523. The van der Waals surface area contributed by atoms with Crippen LogP contribution < -0.4 is 5.32 Å². The average molecular weight is 335 g/mol. The maximum absolute atomic E-state index is 12.4. The molecule has 8 heteroatoms. The van der Waals surface area contributed by atoms with Gasteiger partial charge in [-0.05, 0) is 13.8 Å². The van der Waals surface area contributed by atoms with Crippen LogP contribution in [0.2, 0.25) is 0 Å². The van der Waals surface area contributed by atoms with Crippen LogP contribution in [0.5, 0.6) is 0 Å². The Labute approximate surface area is 139 Å². The third-order valence-corrected chi connectivity index (χ3v) is 4.87. The SMILES string of the molecule is Cc1ncc(CNC(=O)N2CCO[C@](C)(c3cnn(C)c3)C2)s1. The molecule has 1 N–H and O–H groups in total. The Bertz CT molecular complexity index is 698. The van der Waals surface area contributed by atoms with Crippen LogP contribution in [0, 0.1) is 6.92 Å². The highest BCUT2D eigenvalue weighted by atomic mass is 32.1. The number of carbonyl (C=O) groups excluding carboxylic acids is 1. The molecule has 0 saturated carbocycles. The van der Waals surface area contributed by atoms with Gasteiger partial charge < -0.3 is 15.0 Å². The number of rotatable bonds is 3. The number of thiazole rings is 1. The molecule has 1 saturated heterocycles. The van der Waals surface area contributed by atoms with Crippen LogP contribution in [0.15, 0.2) is 18.6 Å². The van der Waals surface area contributed by atoms with E-state index in [9.17, 15) is 4.79 Å². The molecule has 3 heterocycles. The summed E-state index contributed by atoms with van der Waals surface area (Å²) < 4.78 is 7.67. The average Bonchev–Trinajstić information content (AvgIpc) is 3.14. The Morgan fingerprint density at radius 3 is 3.00 bits per heavy atom. The highest BCUT2D eigenvalue weighted by Crippen LogP contribution is 2.29. The largest absolute Gasteiger partial charge is 0.367 e. The minimum absolute atomic E-state index is 0.0746. The normalized spacial score (nSPS) is 21.4. The van der Waals surface area contributed by atoms with Crippen LogP contribution in [-0.4, -0.2) is 45.4 Å². The molecular formula is C15H21N5O2S. The number of urea groups is 1. The number of nitrogens with one attached hydrogen (secondary N) is 1. The van der Waals surface area contributed by atoms with Crippen molar-refractivity contribution in [2.24, 2.45) is 7.05 Å². The van der Waals surface area contributed by atoms with Gasteiger partial charge in [-0.3, -0.25) is 4.68 Å². The van der Waals surface area contributed by atoms with Gasteiger partial charge in [0.25, 0.3) is 0 Å². The van der Waals surface area contributed by atoms with Gasteiger partial charge in [-0.25, -0.2) is 9.78 Å². The van der Waals surface area contributed by atoms with Crippen molar-refractivity contribution in [2.75, 3.05) is 19.7 Å². The molecular weight excluding hydrogens is 314 g/mol. The highest BCUT2D eigenvalue weighted by Gasteiger charge is 2.36. The summed E-state index contributed by atoms with van der Waals surface area (Å²) in [6.07, 6.45) is 5.53. The van der Waals surface area contributed by atoms with Crippen LogP contribution in [0.3, 0.4) is 0 Å². The molecule has 2 amide bonds. The second-order valence-electron chi connectivity index (χ2n) is 5.91. The lowest BCUT2D eigenvalue weighted by Crippen LogP contribution is -2.53. The van der Waals surface area contributed by atoms with Gasteiger partial charge in [0, 0.05) is 36.4 Å². The van der Waals surface area contributed by atoms with Crippen molar-refractivity contribution in [3.8, 4) is 0 Å². The Morgan fingerprint density at radius 2 is 2.35 bits per heavy atom. The summed E-state index contributed by atoms with van der Waals surface area (Å²) in [6.45, 7) is 6.06. The first-order valence-electron chi connectivity index (χ1n) is 7.53. The molecule has 0 radical (unpaired) electrons. The third-order valence-electron chi connectivity index (χ3n) is 3.96. The van der Waals surface area contributed by atoms with Crippen LogP contribution in [0.4, 0.5) is 4.79 Å². The Balaban J connectivity index is 1.62. The fourth-order valence-electron chi connectivity index (χ4n) is 2.67. The standard InChI is InChI=1S/C15H21N5O2S/c1-11-16-7-13(23-11)8-17-14(21)20-4-5-22-15(2,10-20)12-6-18-19(3)9-12/h6-7,9H,4-5,8,10H2,1-3H3,(H,17,21)/t15-/m0/s1. The number of aryl methyl sites for hydroxylation is 2. The molecule has 2 aromatic rings. The van der Waals surface area contributed by atoms with Crippen LogP contribution >= 0.6 is 11.3 Å². The van der Waals surface area contributed by atoms with E-state index in [0.717, 1.165) is 15.4 Å². The summed E-state index contributed by atoms with van der Waals surface area (Å²) in [5.74, 6) is 0. The smallest absolute Gasteiger partial charge is 0.317 e. The molecule has 0 aliphatic carbocycles. The summed E-state index contributed by atoms with van der Waals surface area (Å²) in [5, 5.41) is 8.16. The maximum atomic E-state index is 12.4. The van der Waals surface area contributed by atoms with E-state index in [1.807, 2.05) is 27.1 Å². The fraction of sp³-hybridized carbons (Fsp3) is 0.533. The molecule has 0 aromatic carbocycles. The van der Waals surface area contributed by atoms with E-state index in [4.69, 9.17) is 4.74 Å². The fourth-order valence-corrected chi connectivity index (χ4v) is 3.41. The molecule has 0 bridgehead atoms. The predicted octanol–water partition coefficient (Wildman–Crippen LogP) is 1.64. The number of nitrogens with zero attached hydrogens (tertiary/aromatic N) is 4. The quantitative estimate of drug-likeness (QED) is 0.925. The van der Waals surface area contributed by atoms with Crippen molar-refractivity contribution in [3.05, 3.63) is 34.0 Å². The first-order chi connectivity index (χ1) is 11.0. The number of amides is 2. The third kappa shape index (κ3) is 3.53. The van der Waals surface area contributed by atoms with Crippen molar-refractivity contribution < 1.29 is 9.53 Å². The molecule has 23 heavy (non-hydrogen) atoms. The Kier molecular flexibility index (Phi) is 4.36. The predicted molar refractivity (Wildman–Crippen MR) is 87.2 cm³/mol. The number of aromatic nitrogens is 3. The van der Waals surface area contributed by atoms with Crippen molar-refractivity contribution in [1.29, 1.82) is 0 Å². The lowest BCUT2D eigenvalue weighted by atomic mass is 9.97. The molecule has 1 atom stereocenters. The second kappa shape index (κ2) is 6.29. The van der Waals surface area contributed by atoms with Gasteiger partial charge in [0.15, 0.2) is 0 Å². The summed E-state index contributed by atoms with van der Waals surface area (Å²) in [4.78, 5) is 19.5. The molecule has 1 aliphatic rings. The van der Waals surface area contributed by atoms with Crippen LogP contribution in [0.25, 0.3) is 0 Å². The second-order valence-corrected chi connectivity index (χ2v) is 7.23. The number of hydrogen-bond acceptors (Lipinski definition) is 5. The lowest BCUT2D eigenvalue weighted by Gasteiger charge is -2.39. The topological polar surface area (TPSA) is 72.3 Å². The minimum Gasteiger partial charge on any atom is -0.367 e. The van der Waals surface area contributed by atoms with Crippen molar-refractivity contribution in [3.63, 3.8) is 0 Å². The summed E-state index contributed by atoms with van der Waals surface area (Å²) in [7, 11) is 1.87. The van der Waals surface area contributed by atoms with Gasteiger partial charge >= 0.3 is 6.03 Å². The molecule has 1 fully saturated rings. The summed E-state index contributed by atoms with van der Waals surface area (Å²) in [6, 6.07) is -0.0746. The first kappa shape index (κ1) is 15.9. The molecule has 1 aliphatic heterocycles. The van der Waals surface area contributed by atoms with Gasteiger partial charge in [-0.2, -0.15) is 5.10 Å². The van der Waals surface area contributed by atoms with E-state index in [1.165, 1.54) is 0 Å². The number of morpholine rings is 1. The van der Waals surface area contributed by atoms with E-state index in [1.54, 1.807) is 33.3 Å². The molecule has 7 nitrogen and oxygen atoms in total. The zero-order valence-electron chi connectivity index (χ0n) is 13.6. The number of ether oxygens (including phenoxy) is 1. The van der Waals surface area contributed by atoms with Gasteiger partial charge in [0.2, 0.25) is 0 Å². The van der Waals surface area contributed by atoms with E-state index < -0.39 is 5.60 Å². The molecule has 124 valence electrons. The Morgan fingerprint density at radius 1 is 1.52 bits per heavy atom. The van der Waals surface area contributed by atoms with Crippen LogP contribution in [0.1, 0.15) is 22.4 Å². The van der Waals surface area contributed by atoms with Gasteiger partial charge in [0.05, 0.1) is 30.9 Å². The van der Waals surface area contributed by atoms with Crippen molar-refractivity contribution >= 4 is 17.4 Å². The zero-order chi connectivity index (χ0) is 16.4. The first-order valence-corrected chi connectivity index (χ1v) is 8.35. The van der Waals surface area contributed by atoms with E-state index in [2.05, 4.69) is 15.4 Å². The number of hydrogen-bond donors (Lipinski definition) is 1. The van der Waals surface area contributed by atoms with Gasteiger partial charge in [0.1, 0.15) is 5.60 Å². The Hall–Kier alpha value is -1.93. The summed E-state index contributed by atoms with van der Waals surface area (Å²) >= 11 is 1.60. The molecule has 3 rings (SSSR count). The van der Waals surface area contributed by atoms with Gasteiger partial charge in [-0.15, -0.1) is 11.3 Å². The molecule has 2 aromatic heterocycles.